The fourth-order valence-corrected chi connectivity index (χ4v) is 3.47. The molecule has 0 aliphatic carbocycles. The number of fused-ring (bicyclic) bond motifs is 1. The average molecular weight is 425 g/mol. The molecular formula is C23H24FN3O4. The molecule has 0 N–H and O–H groups in total. The predicted octanol–water partition coefficient (Wildman–Crippen LogP) is 3.94. The van der Waals surface area contributed by atoms with Crippen molar-refractivity contribution in [3.63, 3.8) is 0 Å². The van der Waals surface area contributed by atoms with E-state index in [0.29, 0.717) is 67.1 Å². The monoisotopic (exact) mass is 425 g/mol. The molecule has 4 rings (SSSR count). The number of aromatic nitrogens is 2. The number of amides is 1. The fraction of sp³-hybridized carbons (Fsp3) is 0.348. The van der Waals surface area contributed by atoms with Gasteiger partial charge in [0.2, 0.25) is 17.6 Å². The molecule has 0 spiro atoms. The highest BCUT2D eigenvalue weighted by atomic mass is 19.1. The maximum absolute atomic E-state index is 13.5. The highest BCUT2D eigenvalue weighted by Gasteiger charge is 2.20. The molecule has 162 valence electrons. The molecule has 0 atom stereocenters. The number of nitrogens with zero attached hydrogens (tertiary/aromatic N) is 3. The zero-order chi connectivity index (χ0) is 21.8. The van der Waals surface area contributed by atoms with E-state index in [4.69, 9.17) is 14.0 Å². The normalized spacial score (nSPS) is 12.6. The quantitative estimate of drug-likeness (QED) is 0.571. The third kappa shape index (κ3) is 4.68. The largest absolute Gasteiger partial charge is 0.486 e. The summed E-state index contributed by atoms with van der Waals surface area (Å²) in [4.78, 5) is 18.9. The van der Waals surface area contributed by atoms with Gasteiger partial charge in [0.05, 0.1) is 0 Å². The Morgan fingerprint density at radius 2 is 2.03 bits per heavy atom. The number of carbonyl (C=O) groups is 1. The lowest BCUT2D eigenvalue weighted by Gasteiger charge is -2.25. The molecule has 0 bridgehead atoms. The molecule has 1 aliphatic heterocycles. The number of rotatable bonds is 7. The highest BCUT2D eigenvalue weighted by Crippen LogP contribution is 2.34. The van der Waals surface area contributed by atoms with Crippen LogP contribution < -0.4 is 9.47 Å². The van der Waals surface area contributed by atoms with Crippen LogP contribution in [0.2, 0.25) is 0 Å². The van der Waals surface area contributed by atoms with Crippen molar-refractivity contribution in [1.82, 2.24) is 15.0 Å². The van der Waals surface area contributed by atoms with Gasteiger partial charge >= 0.3 is 0 Å². The Morgan fingerprint density at radius 1 is 1.19 bits per heavy atom. The van der Waals surface area contributed by atoms with E-state index in [-0.39, 0.29) is 18.1 Å². The van der Waals surface area contributed by atoms with Crippen LogP contribution in [0.5, 0.6) is 11.5 Å². The summed E-state index contributed by atoms with van der Waals surface area (Å²) in [6.45, 7) is 5.64. The summed E-state index contributed by atoms with van der Waals surface area (Å²) >= 11 is 0. The lowest BCUT2D eigenvalue weighted by molar-refractivity contribution is -0.131. The smallest absolute Gasteiger partial charge is 0.227 e. The van der Waals surface area contributed by atoms with Crippen molar-refractivity contribution >= 4 is 5.91 Å². The van der Waals surface area contributed by atoms with Gasteiger partial charge in [-0.2, -0.15) is 4.98 Å². The van der Waals surface area contributed by atoms with Crippen molar-refractivity contribution < 1.29 is 23.2 Å². The number of halogens is 1. The Labute approximate surface area is 179 Å². The van der Waals surface area contributed by atoms with Crippen LogP contribution in [0.3, 0.4) is 0 Å². The van der Waals surface area contributed by atoms with Crippen molar-refractivity contribution in [2.45, 2.75) is 33.2 Å². The maximum Gasteiger partial charge on any atom is 0.227 e. The van der Waals surface area contributed by atoms with Crippen molar-refractivity contribution in [3.05, 3.63) is 59.2 Å². The van der Waals surface area contributed by atoms with E-state index in [1.54, 1.807) is 24.0 Å². The highest BCUT2D eigenvalue weighted by molar-refractivity contribution is 5.76. The van der Waals surface area contributed by atoms with E-state index in [1.807, 2.05) is 25.1 Å². The van der Waals surface area contributed by atoms with Gasteiger partial charge in [0.25, 0.3) is 0 Å². The Kier molecular flexibility index (Phi) is 6.16. The van der Waals surface area contributed by atoms with E-state index in [9.17, 15) is 9.18 Å². The van der Waals surface area contributed by atoms with Gasteiger partial charge in [-0.3, -0.25) is 4.79 Å². The third-order valence-electron chi connectivity index (χ3n) is 5.18. The van der Waals surface area contributed by atoms with Crippen LogP contribution in [0.1, 0.15) is 30.4 Å². The third-order valence-corrected chi connectivity index (χ3v) is 5.18. The molecule has 31 heavy (non-hydrogen) atoms. The lowest BCUT2D eigenvalue weighted by atomic mass is 10.1. The average Bonchev–Trinajstić information content (AvgIpc) is 3.27. The first-order chi connectivity index (χ1) is 15.0. The van der Waals surface area contributed by atoms with Crippen molar-refractivity contribution in [3.8, 4) is 22.9 Å². The molecule has 3 aromatic rings. The van der Waals surface area contributed by atoms with Gasteiger partial charge in [-0.05, 0) is 43.7 Å². The zero-order valence-electron chi connectivity index (χ0n) is 17.6. The van der Waals surface area contributed by atoms with Crippen LogP contribution >= 0.6 is 0 Å². The van der Waals surface area contributed by atoms with Gasteiger partial charge in [-0.25, -0.2) is 4.39 Å². The molecule has 0 saturated heterocycles. The second kappa shape index (κ2) is 9.16. The molecule has 0 unspecified atom stereocenters. The van der Waals surface area contributed by atoms with Gasteiger partial charge in [0.15, 0.2) is 11.5 Å². The number of aryl methyl sites for hydroxylation is 2. The summed E-state index contributed by atoms with van der Waals surface area (Å²) in [5, 5.41) is 3.95. The molecule has 8 heteroatoms. The van der Waals surface area contributed by atoms with Crippen LogP contribution in [0.25, 0.3) is 11.4 Å². The first-order valence-electron chi connectivity index (χ1n) is 10.3. The summed E-state index contributed by atoms with van der Waals surface area (Å²) in [5.41, 5.74) is 2.10. The minimum atomic E-state index is -0.283. The number of hydrogen-bond acceptors (Lipinski definition) is 6. The predicted molar refractivity (Wildman–Crippen MR) is 111 cm³/mol. The minimum Gasteiger partial charge on any atom is -0.486 e. The van der Waals surface area contributed by atoms with Gasteiger partial charge in [0, 0.05) is 37.1 Å². The van der Waals surface area contributed by atoms with Crippen LogP contribution in [0.4, 0.5) is 4.39 Å². The van der Waals surface area contributed by atoms with E-state index in [2.05, 4.69) is 10.1 Å². The number of para-hydroxylation sites is 1. The van der Waals surface area contributed by atoms with Crippen molar-refractivity contribution in [2.75, 3.05) is 19.8 Å². The lowest BCUT2D eigenvalue weighted by Crippen LogP contribution is -2.31. The van der Waals surface area contributed by atoms with E-state index in [1.165, 1.54) is 6.07 Å². The topological polar surface area (TPSA) is 77.7 Å². The Balaban J connectivity index is 1.39. The zero-order valence-corrected chi connectivity index (χ0v) is 17.6. The van der Waals surface area contributed by atoms with Crippen molar-refractivity contribution in [1.29, 1.82) is 0 Å². The summed E-state index contributed by atoms with van der Waals surface area (Å²) in [5.74, 6) is 1.86. The SMILES string of the molecule is CCN(Cc1cccc2c1OCCO2)C(=O)CCc1nc(-c2ccc(F)c(C)c2)no1. The Hall–Kier alpha value is -3.42. The second-order valence-electron chi connectivity index (χ2n) is 7.32. The fourth-order valence-electron chi connectivity index (χ4n) is 3.47. The molecular weight excluding hydrogens is 401 g/mol. The molecule has 1 amide bonds. The Morgan fingerprint density at radius 3 is 2.84 bits per heavy atom. The standard InChI is InChI=1S/C23H24FN3O4/c1-3-27(14-17-5-4-6-19-22(17)30-12-11-29-19)21(28)10-9-20-25-23(26-31-20)16-7-8-18(24)15(2)13-16/h4-8,13H,3,9-12,14H2,1-2H3. The van der Waals surface area contributed by atoms with Crippen LogP contribution in [0, 0.1) is 12.7 Å². The summed E-state index contributed by atoms with van der Waals surface area (Å²) in [6, 6.07) is 10.4. The molecule has 0 fully saturated rings. The van der Waals surface area contributed by atoms with Crippen LogP contribution in [0.15, 0.2) is 40.9 Å². The second-order valence-corrected chi connectivity index (χ2v) is 7.32. The van der Waals surface area contributed by atoms with Crippen LogP contribution in [-0.4, -0.2) is 40.7 Å². The molecule has 1 aliphatic rings. The number of hydrogen-bond donors (Lipinski definition) is 0. The first-order valence-corrected chi connectivity index (χ1v) is 10.3. The summed E-state index contributed by atoms with van der Waals surface area (Å²) in [7, 11) is 0. The number of benzene rings is 2. The minimum absolute atomic E-state index is 0.0193. The molecule has 1 aromatic heterocycles. The molecule has 0 saturated carbocycles. The number of carbonyl (C=O) groups excluding carboxylic acids is 1. The molecule has 2 aromatic carbocycles. The van der Waals surface area contributed by atoms with Crippen molar-refractivity contribution in [2.24, 2.45) is 0 Å². The van der Waals surface area contributed by atoms with Gasteiger partial charge in [-0.1, -0.05) is 17.3 Å². The molecule has 0 radical (unpaired) electrons. The van der Waals surface area contributed by atoms with Gasteiger partial charge < -0.3 is 18.9 Å². The number of ether oxygens (including phenoxy) is 2. The molecule has 7 nitrogen and oxygen atoms in total. The molecule has 2 heterocycles. The maximum atomic E-state index is 13.5. The summed E-state index contributed by atoms with van der Waals surface area (Å²) < 4.78 is 30.1. The van der Waals surface area contributed by atoms with Gasteiger partial charge in [-0.15, -0.1) is 0 Å². The van der Waals surface area contributed by atoms with Crippen LogP contribution in [-0.2, 0) is 17.8 Å². The van der Waals surface area contributed by atoms with Gasteiger partial charge in [0.1, 0.15) is 19.0 Å². The first kappa shape index (κ1) is 20.8. The summed E-state index contributed by atoms with van der Waals surface area (Å²) in [6.07, 6.45) is 0.569. The Bertz CT molecular complexity index is 1080. The van der Waals surface area contributed by atoms with E-state index >= 15 is 0 Å². The van der Waals surface area contributed by atoms with E-state index < -0.39 is 0 Å². The van der Waals surface area contributed by atoms with E-state index in [0.717, 1.165) is 5.56 Å².